The first kappa shape index (κ1) is 18.2. The smallest absolute Gasteiger partial charge is 0.310 e. The van der Waals surface area contributed by atoms with E-state index < -0.39 is 27.4 Å². The topological polar surface area (TPSA) is 105 Å². The molecule has 2 heterocycles. The molecule has 1 aromatic carbocycles. The summed E-state index contributed by atoms with van der Waals surface area (Å²) in [7, 11) is -2.09. The summed E-state index contributed by atoms with van der Waals surface area (Å²) in [5.41, 5.74) is 2.57. The van der Waals surface area contributed by atoms with Crippen LogP contribution in [0.25, 0.3) is 0 Å². The van der Waals surface area contributed by atoms with Crippen molar-refractivity contribution in [2.45, 2.75) is 31.1 Å². The summed E-state index contributed by atoms with van der Waals surface area (Å²) < 4.78 is 24.5. The maximum atomic E-state index is 12.6. The standard InChI is InChI=1S/C17H19N3O5S/c1-9-11(15-10(2)18-20(3)17(22)16(15)21)5-6-13(26(4,23)24)14(9)12-7-8-25-19-12/h5-6,15H,7-8H2,1-4H3. The molecule has 2 aliphatic rings. The fourth-order valence-corrected chi connectivity index (χ4v) is 4.30. The Morgan fingerprint density at radius 3 is 2.50 bits per heavy atom. The van der Waals surface area contributed by atoms with Gasteiger partial charge in [0.2, 0.25) is 5.78 Å². The van der Waals surface area contributed by atoms with Gasteiger partial charge >= 0.3 is 5.91 Å². The molecule has 0 saturated carbocycles. The van der Waals surface area contributed by atoms with Crippen molar-refractivity contribution >= 4 is 33.0 Å². The number of benzene rings is 1. The maximum Gasteiger partial charge on any atom is 0.310 e. The van der Waals surface area contributed by atoms with Crippen molar-refractivity contribution in [2.75, 3.05) is 19.9 Å². The first-order chi connectivity index (χ1) is 12.1. The van der Waals surface area contributed by atoms with E-state index in [1.807, 2.05) is 0 Å². The molecule has 0 aliphatic carbocycles. The molecule has 0 aromatic heterocycles. The van der Waals surface area contributed by atoms with E-state index in [2.05, 4.69) is 10.3 Å². The van der Waals surface area contributed by atoms with Crippen LogP contribution in [0.4, 0.5) is 0 Å². The van der Waals surface area contributed by atoms with Gasteiger partial charge in [-0.1, -0.05) is 11.2 Å². The number of amides is 1. The molecule has 138 valence electrons. The quantitative estimate of drug-likeness (QED) is 0.732. The van der Waals surface area contributed by atoms with Gasteiger partial charge in [-0.2, -0.15) is 5.10 Å². The van der Waals surface area contributed by atoms with E-state index in [0.717, 1.165) is 11.3 Å². The zero-order chi connectivity index (χ0) is 19.2. The van der Waals surface area contributed by atoms with Crippen molar-refractivity contribution in [1.82, 2.24) is 5.01 Å². The third-order valence-corrected chi connectivity index (χ3v) is 5.70. The predicted octanol–water partition coefficient (Wildman–Crippen LogP) is 1.02. The highest BCUT2D eigenvalue weighted by atomic mass is 32.2. The Bertz CT molecular complexity index is 978. The maximum absolute atomic E-state index is 12.6. The second kappa shape index (κ2) is 6.31. The molecular formula is C17H19N3O5S. The number of hydrazone groups is 1. The van der Waals surface area contributed by atoms with Crippen LogP contribution in [0.15, 0.2) is 27.3 Å². The highest BCUT2D eigenvalue weighted by molar-refractivity contribution is 7.90. The lowest BCUT2D eigenvalue weighted by Gasteiger charge is -2.26. The van der Waals surface area contributed by atoms with Crippen LogP contribution in [0.3, 0.4) is 0 Å². The van der Waals surface area contributed by atoms with Crippen LogP contribution in [0.5, 0.6) is 0 Å². The van der Waals surface area contributed by atoms with Crippen LogP contribution in [-0.2, 0) is 24.3 Å². The van der Waals surface area contributed by atoms with E-state index >= 15 is 0 Å². The van der Waals surface area contributed by atoms with Gasteiger partial charge in [0, 0.05) is 25.3 Å². The summed E-state index contributed by atoms with van der Waals surface area (Å²) in [4.78, 5) is 29.8. The number of carbonyl (C=O) groups is 2. The van der Waals surface area contributed by atoms with Crippen molar-refractivity contribution in [3.8, 4) is 0 Å². The molecule has 26 heavy (non-hydrogen) atoms. The molecule has 9 heteroatoms. The lowest BCUT2D eigenvalue weighted by atomic mass is 9.84. The van der Waals surface area contributed by atoms with Gasteiger partial charge in [0.1, 0.15) is 6.61 Å². The Hall–Kier alpha value is -2.55. The van der Waals surface area contributed by atoms with Gasteiger partial charge in [-0.05, 0) is 31.0 Å². The summed E-state index contributed by atoms with van der Waals surface area (Å²) in [6.07, 6.45) is 1.60. The number of ketones is 1. The van der Waals surface area contributed by atoms with Crippen molar-refractivity contribution in [3.63, 3.8) is 0 Å². The Kier molecular flexibility index (Phi) is 4.43. The van der Waals surface area contributed by atoms with E-state index in [9.17, 15) is 18.0 Å². The third kappa shape index (κ3) is 2.92. The monoisotopic (exact) mass is 377 g/mol. The molecule has 0 N–H and O–H groups in total. The zero-order valence-electron chi connectivity index (χ0n) is 14.9. The number of Topliss-reactive ketones (excluding diaryl/α,β-unsaturated/α-hetero) is 1. The minimum Gasteiger partial charge on any atom is -0.395 e. The van der Waals surface area contributed by atoms with Gasteiger partial charge in [0.15, 0.2) is 9.84 Å². The van der Waals surface area contributed by atoms with E-state index in [0.29, 0.717) is 41.1 Å². The molecule has 1 aromatic rings. The number of likely N-dealkylation sites (N-methyl/N-ethyl adjacent to an activating group) is 1. The Morgan fingerprint density at radius 1 is 1.23 bits per heavy atom. The molecule has 0 saturated heterocycles. The minimum absolute atomic E-state index is 0.129. The number of nitrogens with zero attached hydrogens (tertiary/aromatic N) is 3. The fourth-order valence-electron chi connectivity index (χ4n) is 3.34. The van der Waals surface area contributed by atoms with Crippen molar-refractivity contribution < 1.29 is 22.8 Å². The largest absolute Gasteiger partial charge is 0.395 e. The second-order valence-corrected chi connectivity index (χ2v) is 8.40. The van der Waals surface area contributed by atoms with E-state index in [-0.39, 0.29) is 4.90 Å². The Morgan fingerprint density at radius 2 is 1.92 bits per heavy atom. The third-order valence-electron chi connectivity index (χ3n) is 4.57. The SMILES string of the molecule is CC1=NN(C)C(=O)C(=O)C1c1ccc(S(C)(=O)=O)c(C2=NOCC2)c1C. The zero-order valence-corrected chi connectivity index (χ0v) is 15.8. The van der Waals surface area contributed by atoms with Gasteiger partial charge in [0.05, 0.1) is 22.2 Å². The van der Waals surface area contributed by atoms with Crippen molar-refractivity contribution in [2.24, 2.45) is 10.3 Å². The van der Waals surface area contributed by atoms with E-state index in [1.54, 1.807) is 19.9 Å². The summed E-state index contributed by atoms with van der Waals surface area (Å²) in [6.45, 7) is 3.77. The number of rotatable bonds is 3. The van der Waals surface area contributed by atoms with Crippen LogP contribution < -0.4 is 0 Å². The summed E-state index contributed by atoms with van der Waals surface area (Å²) in [6, 6.07) is 3.03. The molecule has 0 fully saturated rings. The number of hydrogen-bond donors (Lipinski definition) is 0. The van der Waals surface area contributed by atoms with Crippen molar-refractivity contribution in [1.29, 1.82) is 0 Å². The average molecular weight is 377 g/mol. The number of carbonyl (C=O) groups excluding carboxylic acids is 2. The molecule has 8 nitrogen and oxygen atoms in total. The highest BCUT2D eigenvalue weighted by Gasteiger charge is 2.38. The Labute approximate surface area is 151 Å². The van der Waals surface area contributed by atoms with Gasteiger partial charge < -0.3 is 4.84 Å². The molecule has 2 aliphatic heterocycles. The molecule has 0 bridgehead atoms. The van der Waals surface area contributed by atoms with E-state index in [4.69, 9.17) is 4.84 Å². The molecule has 1 amide bonds. The number of hydrogen-bond acceptors (Lipinski definition) is 7. The molecule has 0 spiro atoms. The lowest BCUT2D eigenvalue weighted by molar-refractivity contribution is -0.144. The van der Waals surface area contributed by atoms with Crippen LogP contribution in [0, 0.1) is 6.92 Å². The first-order valence-corrected chi connectivity index (χ1v) is 9.91. The van der Waals surface area contributed by atoms with Gasteiger partial charge in [-0.25, -0.2) is 13.4 Å². The highest BCUT2D eigenvalue weighted by Crippen LogP contribution is 2.33. The van der Waals surface area contributed by atoms with Crippen molar-refractivity contribution in [3.05, 3.63) is 28.8 Å². The molecule has 1 atom stereocenters. The van der Waals surface area contributed by atoms with Gasteiger partial charge in [-0.15, -0.1) is 0 Å². The number of sulfone groups is 1. The predicted molar refractivity (Wildman–Crippen MR) is 95.0 cm³/mol. The molecule has 3 rings (SSSR count). The van der Waals surface area contributed by atoms with Gasteiger partial charge in [0.25, 0.3) is 0 Å². The van der Waals surface area contributed by atoms with Gasteiger partial charge in [-0.3, -0.25) is 9.59 Å². The summed E-state index contributed by atoms with van der Waals surface area (Å²) >= 11 is 0. The Balaban J connectivity index is 2.25. The lowest BCUT2D eigenvalue weighted by Crippen LogP contribution is -2.41. The van der Waals surface area contributed by atoms with Crippen LogP contribution in [-0.4, -0.2) is 56.5 Å². The average Bonchev–Trinajstić information content (AvgIpc) is 3.07. The molecular weight excluding hydrogens is 358 g/mol. The van der Waals surface area contributed by atoms with Crippen LogP contribution in [0.2, 0.25) is 0 Å². The minimum atomic E-state index is -3.51. The van der Waals surface area contributed by atoms with Crippen LogP contribution >= 0.6 is 0 Å². The van der Waals surface area contributed by atoms with Crippen LogP contribution in [0.1, 0.15) is 36.0 Å². The normalized spacial score (nSPS) is 20.8. The number of oxime groups is 1. The van der Waals surface area contributed by atoms with E-state index in [1.165, 1.54) is 13.1 Å². The second-order valence-electron chi connectivity index (χ2n) is 6.41. The fraction of sp³-hybridized carbons (Fsp3) is 0.412. The molecule has 0 radical (unpaired) electrons. The first-order valence-electron chi connectivity index (χ1n) is 8.02. The summed E-state index contributed by atoms with van der Waals surface area (Å²) in [5.74, 6) is -2.13. The summed E-state index contributed by atoms with van der Waals surface area (Å²) in [5, 5.41) is 9.09. The molecule has 1 unspecified atom stereocenters.